The lowest BCUT2D eigenvalue weighted by molar-refractivity contribution is -0.907. The fourth-order valence-electron chi connectivity index (χ4n) is 4.74. The smallest absolute Gasteiger partial charge is 0.277 e. The van der Waals surface area contributed by atoms with Gasteiger partial charge in [-0.25, -0.2) is 8.42 Å². The number of morpholine rings is 1. The Balaban J connectivity index is 1.62. The van der Waals surface area contributed by atoms with Gasteiger partial charge in [-0.15, -0.1) is 0 Å². The molecule has 1 aromatic carbocycles. The molecule has 0 aliphatic carbocycles. The van der Waals surface area contributed by atoms with E-state index in [4.69, 9.17) is 4.74 Å². The molecule has 0 saturated carbocycles. The summed E-state index contributed by atoms with van der Waals surface area (Å²) in [5.74, 6) is 0.0982. The van der Waals surface area contributed by atoms with Gasteiger partial charge in [-0.3, -0.25) is 4.79 Å². The number of aryl methyl sites for hydroxylation is 3. The summed E-state index contributed by atoms with van der Waals surface area (Å²) in [6, 6.07) is 3.82. The summed E-state index contributed by atoms with van der Waals surface area (Å²) in [7, 11) is -3.56. The number of carbonyl (C=O) groups excluding carboxylic acids is 1. The number of sulfonamides is 1. The van der Waals surface area contributed by atoms with Crippen molar-refractivity contribution in [3.63, 3.8) is 0 Å². The van der Waals surface area contributed by atoms with Crippen LogP contribution in [-0.2, 0) is 19.6 Å². The van der Waals surface area contributed by atoms with E-state index in [0.29, 0.717) is 37.6 Å². The second kappa shape index (κ2) is 8.71. The van der Waals surface area contributed by atoms with E-state index >= 15 is 0 Å². The lowest BCUT2D eigenvalue weighted by Crippen LogP contribution is -3.16. The minimum absolute atomic E-state index is 0.0982. The molecular formula is C21H34N3O4S+. The zero-order valence-electron chi connectivity index (χ0n) is 18.2. The normalized spacial score (nSPS) is 26.5. The Labute approximate surface area is 174 Å². The van der Waals surface area contributed by atoms with Crippen molar-refractivity contribution in [3.05, 3.63) is 28.8 Å². The standard InChI is InChI=1S/C21H33N3O4S/c1-15-10-16(2)21(17(3)11-15)29(26,27)24-8-6-23(7-9-24)20(25)14-22-12-18(4)28-19(5)13-22/h10-11,18-19H,6-9,12-14H2,1-5H3/p+1/t18-,19-/m0/s1. The number of amides is 1. The van der Waals surface area contributed by atoms with Crippen LogP contribution in [-0.4, -0.2) is 81.6 Å². The maximum Gasteiger partial charge on any atom is 0.277 e. The first-order chi connectivity index (χ1) is 13.6. The van der Waals surface area contributed by atoms with Crippen molar-refractivity contribution in [1.29, 1.82) is 0 Å². The first-order valence-corrected chi connectivity index (χ1v) is 11.9. The molecular weight excluding hydrogens is 390 g/mol. The number of hydrogen-bond donors (Lipinski definition) is 1. The van der Waals surface area contributed by atoms with Crippen LogP contribution < -0.4 is 4.90 Å². The Morgan fingerprint density at radius 1 is 1.03 bits per heavy atom. The van der Waals surface area contributed by atoms with Crippen LogP contribution in [0.15, 0.2) is 17.0 Å². The molecule has 1 aromatic rings. The molecule has 2 heterocycles. The highest BCUT2D eigenvalue weighted by Crippen LogP contribution is 2.26. The fourth-order valence-corrected chi connectivity index (χ4v) is 6.57. The van der Waals surface area contributed by atoms with Crippen molar-refractivity contribution in [3.8, 4) is 0 Å². The minimum atomic E-state index is -3.56. The molecule has 0 spiro atoms. The molecule has 2 saturated heterocycles. The van der Waals surface area contributed by atoms with E-state index in [0.717, 1.165) is 29.8 Å². The van der Waals surface area contributed by atoms with Gasteiger partial charge in [0, 0.05) is 26.2 Å². The van der Waals surface area contributed by atoms with Gasteiger partial charge >= 0.3 is 0 Å². The van der Waals surface area contributed by atoms with E-state index in [2.05, 4.69) is 0 Å². The third kappa shape index (κ3) is 4.99. The highest BCUT2D eigenvalue weighted by atomic mass is 32.2. The number of carbonyl (C=O) groups is 1. The zero-order chi connectivity index (χ0) is 21.3. The molecule has 2 atom stereocenters. The van der Waals surface area contributed by atoms with Crippen molar-refractivity contribution in [2.45, 2.75) is 51.7 Å². The molecule has 2 aliphatic rings. The lowest BCUT2D eigenvalue weighted by atomic mass is 10.1. The van der Waals surface area contributed by atoms with Gasteiger partial charge in [-0.2, -0.15) is 4.31 Å². The van der Waals surface area contributed by atoms with Crippen LogP contribution in [0.4, 0.5) is 0 Å². The predicted molar refractivity (Wildman–Crippen MR) is 112 cm³/mol. The quantitative estimate of drug-likeness (QED) is 0.746. The Morgan fingerprint density at radius 3 is 2.07 bits per heavy atom. The Bertz CT molecular complexity index is 830. The maximum absolute atomic E-state index is 13.2. The summed E-state index contributed by atoms with van der Waals surface area (Å²) in [5, 5.41) is 0. The SMILES string of the molecule is Cc1cc(C)c(S(=O)(=O)N2CCN(C(=O)C[NH+]3C[C@H](C)O[C@@H](C)C3)CC2)c(C)c1. The average molecular weight is 425 g/mol. The number of hydrogen-bond acceptors (Lipinski definition) is 4. The van der Waals surface area contributed by atoms with Gasteiger partial charge in [0.2, 0.25) is 10.0 Å². The largest absolute Gasteiger partial charge is 0.364 e. The molecule has 1 N–H and O–H groups in total. The Morgan fingerprint density at radius 2 is 1.55 bits per heavy atom. The topological polar surface area (TPSA) is 71.4 Å². The molecule has 2 fully saturated rings. The van der Waals surface area contributed by atoms with Crippen LogP contribution in [0.5, 0.6) is 0 Å². The van der Waals surface area contributed by atoms with Gasteiger partial charge in [0.15, 0.2) is 6.54 Å². The third-order valence-corrected chi connectivity index (χ3v) is 8.02. The van der Waals surface area contributed by atoms with E-state index in [1.165, 1.54) is 9.21 Å². The molecule has 0 radical (unpaired) electrons. The number of nitrogens with zero attached hydrogens (tertiary/aromatic N) is 2. The van der Waals surface area contributed by atoms with Gasteiger partial charge < -0.3 is 14.5 Å². The first kappa shape index (κ1) is 22.2. The molecule has 7 nitrogen and oxygen atoms in total. The summed E-state index contributed by atoms with van der Waals surface area (Å²) < 4.78 is 33.7. The van der Waals surface area contributed by atoms with Crippen LogP contribution in [0.25, 0.3) is 0 Å². The molecule has 1 amide bonds. The molecule has 8 heteroatoms. The van der Waals surface area contributed by atoms with Crippen molar-refractivity contribution in [1.82, 2.24) is 9.21 Å². The van der Waals surface area contributed by atoms with Gasteiger partial charge in [0.25, 0.3) is 5.91 Å². The van der Waals surface area contributed by atoms with Gasteiger partial charge in [-0.1, -0.05) is 17.7 Å². The molecule has 2 aliphatic heterocycles. The number of quaternary nitrogens is 1. The second-order valence-corrected chi connectivity index (χ2v) is 10.5. The fraction of sp³-hybridized carbons (Fsp3) is 0.667. The zero-order valence-corrected chi connectivity index (χ0v) is 19.0. The number of ether oxygens (including phenoxy) is 1. The molecule has 0 unspecified atom stereocenters. The van der Waals surface area contributed by atoms with Crippen LogP contribution in [0.1, 0.15) is 30.5 Å². The lowest BCUT2D eigenvalue weighted by Gasteiger charge is -2.36. The van der Waals surface area contributed by atoms with E-state index in [1.54, 1.807) is 4.90 Å². The van der Waals surface area contributed by atoms with Crippen LogP contribution in [0, 0.1) is 20.8 Å². The number of nitrogens with one attached hydrogen (secondary N) is 1. The Kier molecular flexibility index (Phi) is 6.67. The Hall–Kier alpha value is -1.48. The number of piperazine rings is 1. The van der Waals surface area contributed by atoms with Crippen molar-refractivity contribution in [2.75, 3.05) is 45.8 Å². The first-order valence-electron chi connectivity index (χ1n) is 10.4. The molecule has 162 valence electrons. The van der Waals surface area contributed by atoms with Gasteiger partial charge in [0.1, 0.15) is 25.3 Å². The highest BCUT2D eigenvalue weighted by Gasteiger charge is 2.34. The highest BCUT2D eigenvalue weighted by molar-refractivity contribution is 7.89. The summed E-state index contributed by atoms with van der Waals surface area (Å²) in [6.07, 6.45) is 0.314. The van der Waals surface area contributed by atoms with Crippen molar-refractivity contribution >= 4 is 15.9 Å². The molecule has 0 bridgehead atoms. The predicted octanol–water partition coefficient (Wildman–Crippen LogP) is 0.137. The van der Waals surface area contributed by atoms with Gasteiger partial charge in [0.05, 0.1) is 4.90 Å². The molecule has 3 rings (SSSR count). The van der Waals surface area contributed by atoms with Gasteiger partial charge in [-0.05, 0) is 45.7 Å². The van der Waals surface area contributed by atoms with Crippen LogP contribution in [0.3, 0.4) is 0 Å². The van der Waals surface area contributed by atoms with Crippen LogP contribution >= 0.6 is 0 Å². The van der Waals surface area contributed by atoms with E-state index in [-0.39, 0.29) is 18.1 Å². The van der Waals surface area contributed by atoms with Crippen molar-refractivity contribution < 1.29 is 22.8 Å². The number of rotatable bonds is 4. The monoisotopic (exact) mass is 424 g/mol. The average Bonchev–Trinajstić information content (AvgIpc) is 2.59. The third-order valence-electron chi connectivity index (χ3n) is 5.81. The minimum Gasteiger partial charge on any atom is -0.364 e. The summed E-state index contributed by atoms with van der Waals surface area (Å²) in [6.45, 7) is 13.4. The van der Waals surface area contributed by atoms with Crippen LogP contribution in [0.2, 0.25) is 0 Å². The summed E-state index contributed by atoms with van der Waals surface area (Å²) in [4.78, 5) is 16.2. The maximum atomic E-state index is 13.2. The summed E-state index contributed by atoms with van der Waals surface area (Å²) >= 11 is 0. The second-order valence-electron chi connectivity index (χ2n) is 8.61. The molecule has 0 aromatic heterocycles. The number of benzene rings is 1. The van der Waals surface area contributed by atoms with E-state index in [1.807, 2.05) is 46.8 Å². The van der Waals surface area contributed by atoms with Crippen molar-refractivity contribution in [2.24, 2.45) is 0 Å². The van der Waals surface area contributed by atoms with E-state index in [9.17, 15) is 13.2 Å². The molecule has 29 heavy (non-hydrogen) atoms. The van der Waals surface area contributed by atoms with E-state index < -0.39 is 10.0 Å². The summed E-state index contributed by atoms with van der Waals surface area (Å²) in [5.41, 5.74) is 2.61.